The third-order valence-corrected chi connectivity index (χ3v) is 4.67. The first-order valence-corrected chi connectivity index (χ1v) is 8.61. The third-order valence-electron chi connectivity index (χ3n) is 3.54. The average Bonchev–Trinajstić information content (AvgIpc) is 2.91. The minimum atomic E-state index is -3.18. The lowest BCUT2D eigenvalue weighted by atomic mass is 10.1. The molecule has 1 heterocycles. The van der Waals surface area contributed by atoms with E-state index in [2.05, 4.69) is 10.6 Å². The molecule has 2 rings (SSSR count). The second-order valence-electron chi connectivity index (χ2n) is 5.22. The zero-order valence-corrected chi connectivity index (χ0v) is 12.5. The van der Waals surface area contributed by atoms with Crippen LogP contribution in [0.5, 0.6) is 0 Å². The number of benzene rings is 1. The van der Waals surface area contributed by atoms with Gasteiger partial charge in [-0.3, -0.25) is 4.79 Å². The van der Waals surface area contributed by atoms with Crippen molar-refractivity contribution in [1.82, 2.24) is 10.6 Å². The summed E-state index contributed by atoms with van der Waals surface area (Å²) >= 11 is 0. The predicted octanol–water partition coefficient (Wildman–Crippen LogP) is 1.02. The second-order valence-corrected chi connectivity index (χ2v) is 7.24. The highest BCUT2D eigenvalue weighted by Crippen LogP contribution is 2.17. The SMILES string of the molecule is CC(NC(=O)[C@H]1CCCN1)c1ccc(S(C)(=O)=O)cc1. The van der Waals surface area contributed by atoms with Gasteiger partial charge in [0.15, 0.2) is 9.84 Å². The summed E-state index contributed by atoms with van der Waals surface area (Å²) in [7, 11) is -3.18. The zero-order chi connectivity index (χ0) is 14.8. The summed E-state index contributed by atoms with van der Waals surface area (Å²) in [6.07, 6.45) is 3.07. The maximum Gasteiger partial charge on any atom is 0.237 e. The summed E-state index contributed by atoms with van der Waals surface area (Å²) in [6, 6.07) is 6.38. The predicted molar refractivity (Wildman–Crippen MR) is 77.1 cm³/mol. The molecule has 1 fully saturated rings. The minimum Gasteiger partial charge on any atom is -0.348 e. The maximum absolute atomic E-state index is 12.0. The van der Waals surface area contributed by atoms with Crippen LogP contribution in [0.25, 0.3) is 0 Å². The molecule has 1 amide bonds. The van der Waals surface area contributed by atoms with E-state index in [1.165, 1.54) is 6.26 Å². The maximum atomic E-state index is 12.0. The number of hydrogen-bond donors (Lipinski definition) is 2. The lowest BCUT2D eigenvalue weighted by Gasteiger charge is -2.17. The summed E-state index contributed by atoms with van der Waals surface area (Å²) in [5, 5.41) is 6.10. The van der Waals surface area contributed by atoms with Gasteiger partial charge in [-0.1, -0.05) is 12.1 Å². The molecule has 1 saturated heterocycles. The van der Waals surface area contributed by atoms with Crippen LogP contribution in [0.1, 0.15) is 31.4 Å². The number of carbonyl (C=O) groups is 1. The van der Waals surface area contributed by atoms with Gasteiger partial charge in [0.1, 0.15) is 0 Å². The molecule has 6 heteroatoms. The Bertz CT molecular complexity index is 575. The van der Waals surface area contributed by atoms with Gasteiger partial charge >= 0.3 is 0 Å². The molecule has 20 heavy (non-hydrogen) atoms. The Morgan fingerprint density at radius 1 is 1.35 bits per heavy atom. The van der Waals surface area contributed by atoms with E-state index in [0.29, 0.717) is 0 Å². The summed E-state index contributed by atoms with van der Waals surface area (Å²) in [4.78, 5) is 12.3. The zero-order valence-electron chi connectivity index (χ0n) is 11.7. The average molecular weight is 296 g/mol. The summed E-state index contributed by atoms with van der Waals surface area (Å²) in [6.45, 7) is 2.78. The van der Waals surface area contributed by atoms with Crippen molar-refractivity contribution in [2.24, 2.45) is 0 Å². The van der Waals surface area contributed by atoms with Gasteiger partial charge in [-0.05, 0) is 44.0 Å². The molecule has 1 aliphatic rings. The van der Waals surface area contributed by atoms with E-state index in [9.17, 15) is 13.2 Å². The molecule has 0 aliphatic carbocycles. The van der Waals surface area contributed by atoms with Crippen molar-refractivity contribution in [3.63, 3.8) is 0 Å². The molecule has 0 saturated carbocycles. The van der Waals surface area contributed by atoms with Crippen molar-refractivity contribution < 1.29 is 13.2 Å². The van der Waals surface area contributed by atoms with Crippen LogP contribution in [0.2, 0.25) is 0 Å². The number of nitrogens with one attached hydrogen (secondary N) is 2. The van der Waals surface area contributed by atoms with Crippen LogP contribution >= 0.6 is 0 Å². The molecule has 5 nitrogen and oxygen atoms in total. The fourth-order valence-corrected chi connectivity index (χ4v) is 2.94. The number of sulfone groups is 1. The Hall–Kier alpha value is -1.40. The van der Waals surface area contributed by atoms with Crippen molar-refractivity contribution in [3.8, 4) is 0 Å². The van der Waals surface area contributed by atoms with Crippen LogP contribution in [0.15, 0.2) is 29.2 Å². The van der Waals surface area contributed by atoms with Crippen LogP contribution in [-0.4, -0.2) is 33.2 Å². The monoisotopic (exact) mass is 296 g/mol. The molecule has 1 aromatic carbocycles. The van der Waals surface area contributed by atoms with E-state index in [1.807, 2.05) is 6.92 Å². The van der Waals surface area contributed by atoms with Gasteiger partial charge in [-0.25, -0.2) is 8.42 Å². The Kier molecular flexibility index (Phi) is 4.45. The van der Waals surface area contributed by atoms with Gasteiger partial charge in [0.25, 0.3) is 0 Å². The Morgan fingerprint density at radius 3 is 2.50 bits per heavy atom. The summed E-state index contributed by atoms with van der Waals surface area (Å²) in [5.41, 5.74) is 0.892. The number of carbonyl (C=O) groups excluding carboxylic acids is 1. The first-order chi connectivity index (χ1) is 9.38. The van der Waals surface area contributed by atoms with E-state index in [1.54, 1.807) is 24.3 Å². The van der Waals surface area contributed by atoms with E-state index in [0.717, 1.165) is 24.9 Å². The van der Waals surface area contributed by atoms with Gasteiger partial charge < -0.3 is 10.6 Å². The highest BCUT2D eigenvalue weighted by molar-refractivity contribution is 7.90. The van der Waals surface area contributed by atoms with Crippen LogP contribution < -0.4 is 10.6 Å². The fourth-order valence-electron chi connectivity index (χ4n) is 2.31. The quantitative estimate of drug-likeness (QED) is 0.870. The molecule has 0 bridgehead atoms. The lowest BCUT2D eigenvalue weighted by molar-refractivity contribution is -0.123. The van der Waals surface area contributed by atoms with E-state index in [4.69, 9.17) is 0 Å². The van der Waals surface area contributed by atoms with E-state index in [-0.39, 0.29) is 22.9 Å². The Morgan fingerprint density at radius 2 is 2.00 bits per heavy atom. The largest absolute Gasteiger partial charge is 0.348 e. The smallest absolute Gasteiger partial charge is 0.237 e. The third kappa shape index (κ3) is 3.58. The lowest BCUT2D eigenvalue weighted by Crippen LogP contribution is -2.41. The van der Waals surface area contributed by atoms with Gasteiger partial charge in [-0.15, -0.1) is 0 Å². The van der Waals surface area contributed by atoms with Crippen molar-refractivity contribution in [1.29, 1.82) is 0 Å². The van der Waals surface area contributed by atoms with E-state index < -0.39 is 9.84 Å². The van der Waals surface area contributed by atoms with Crippen molar-refractivity contribution in [3.05, 3.63) is 29.8 Å². The Balaban J connectivity index is 2.02. The molecule has 0 radical (unpaired) electrons. The Labute approximate surface area is 119 Å². The van der Waals surface area contributed by atoms with Gasteiger partial charge in [-0.2, -0.15) is 0 Å². The minimum absolute atomic E-state index is 0.00203. The number of rotatable bonds is 4. The molecule has 1 aromatic rings. The molecule has 110 valence electrons. The molecule has 0 aromatic heterocycles. The topological polar surface area (TPSA) is 75.3 Å². The normalized spacial score (nSPS) is 20.6. The molecule has 0 spiro atoms. The van der Waals surface area contributed by atoms with Gasteiger partial charge in [0.2, 0.25) is 5.91 Å². The first-order valence-electron chi connectivity index (χ1n) is 6.72. The van der Waals surface area contributed by atoms with Gasteiger partial charge in [0.05, 0.1) is 17.0 Å². The standard InChI is InChI=1S/C14H20N2O3S/c1-10(16-14(17)13-4-3-9-15-13)11-5-7-12(8-6-11)20(2,18)19/h5-8,10,13,15H,3-4,9H2,1-2H3,(H,16,17)/t10?,13-/m1/s1. The van der Waals surface area contributed by atoms with Crippen LogP contribution in [-0.2, 0) is 14.6 Å². The van der Waals surface area contributed by atoms with Crippen LogP contribution in [0.4, 0.5) is 0 Å². The molecular formula is C14H20N2O3S. The fraction of sp³-hybridized carbons (Fsp3) is 0.500. The van der Waals surface area contributed by atoms with Crippen molar-refractivity contribution in [2.45, 2.75) is 36.7 Å². The van der Waals surface area contributed by atoms with Crippen LogP contribution in [0.3, 0.4) is 0 Å². The highest BCUT2D eigenvalue weighted by atomic mass is 32.2. The van der Waals surface area contributed by atoms with Crippen LogP contribution in [0, 0.1) is 0 Å². The van der Waals surface area contributed by atoms with Gasteiger partial charge in [0, 0.05) is 6.26 Å². The van der Waals surface area contributed by atoms with Crippen molar-refractivity contribution >= 4 is 15.7 Å². The first kappa shape index (κ1) is 15.0. The molecule has 2 atom stereocenters. The molecule has 1 unspecified atom stereocenters. The molecule has 2 N–H and O–H groups in total. The molecular weight excluding hydrogens is 276 g/mol. The van der Waals surface area contributed by atoms with E-state index >= 15 is 0 Å². The second kappa shape index (κ2) is 5.93. The summed E-state index contributed by atoms with van der Waals surface area (Å²) < 4.78 is 22.8. The van der Waals surface area contributed by atoms with Crippen molar-refractivity contribution in [2.75, 3.05) is 12.8 Å². The highest BCUT2D eigenvalue weighted by Gasteiger charge is 2.23. The summed E-state index contributed by atoms with van der Waals surface area (Å²) in [5.74, 6) is 0.00203. The number of hydrogen-bond acceptors (Lipinski definition) is 4. The molecule has 1 aliphatic heterocycles. The number of amides is 1.